The van der Waals surface area contributed by atoms with Crippen molar-refractivity contribution in [3.63, 3.8) is 0 Å². The Morgan fingerprint density at radius 3 is 2.76 bits per heavy atom. The number of aromatic nitrogens is 2. The van der Waals surface area contributed by atoms with Crippen LogP contribution in [0.3, 0.4) is 0 Å². The molecule has 0 aliphatic heterocycles. The fourth-order valence-corrected chi connectivity index (χ4v) is 1.58. The van der Waals surface area contributed by atoms with Gasteiger partial charge < -0.3 is 11.1 Å². The lowest BCUT2D eigenvalue weighted by Crippen LogP contribution is -2.17. The molecule has 88 valence electrons. The molecule has 2 aromatic rings. The SMILES string of the molecule is CCn1nc(N)cc1C(=O)Nc1ccccc1. The maximum atomic E-state index is 12.0. The van der Waals surface area contributed by atoms with E-state index in [1.807, 2.05) is 37.3 Å². The molecule has 0 bridgehead atoms. The Balaban J connectivity index is 2.20. The molecule has 3 N–H and O–H groups in total. The summed E-state index contributed by atoms with van der Waals surface area (Å²) in [6.45, 7) is 2.51. The Hall–Kier alpha value is -2.30. The number of anilines is 2. The number of rotatable bonds is 3. The monoisotopic (exact) mass is 230 g/mol. The largest absolute Gasteiger partial charge is 0.382 e. The summed E-state index contributed by atoms with van der Waals surface area (Å²) in [5.41, 5.74) is 6.79. The molecule has 1 heterocycles. The summed E-state index contributed by atoms with van der Waals surface area (Å²) in [6.07, 6.45) is 0. The smallest absolute Gasteiger partial charge is 0.274 e. The van der Waals surface area contributed by atoms with Crippen molar-refractivity contribution in [2.75, 3.05) is 11.1 Å². The van der Waals surface area contributed by atoms with Crippen molar-refractivity contribution in [2.45, 2.75) is 13.5 Å². The van der Waals surface area contributed by atoms with Gasteiger partial charge in [-0.3, -0.25) is 9.48 Å². The topological polar surface area (TPSA) is 72.9 Å². The third-order valence-electron chi connectivity index (χ3n) is 2.36. The number of carbonyl (C=O) groups is 1. The van der Waals surface area contributed by atoms with E-state index in [0.717, 1.165) is 5.69 Å². The standard InChI is InChI=1S/C12H14N4O/c1-2-16-10(8-11(13)15-16)12(17)14-9-6-4-3-5-7-9/h3-8H,2H2,1H3,(H2,13,15)(H,14,17). The van der Waals surface area contributed by atoms with Gasteiger partial charge in [-0.05, 0) is 19.1 Å². The zero-order valence-corrected chi connectivity index (χ0v) is 9.55. The number of carbonyl (C=O) groups excluding carboxylic acids is 1. The van der Waals surface area contributed by atoms with E-state index in [2.05, 4.69) is 10.4 Å². The lowest BCUT2D eigenvalue weighted by molar-refractivity contribution is 0.101. The van der Waals surface area contributed by atoms with Gasteiger partial charge >= 0.3 is 0 Å². The molecule has 0 fully saturated rings. The van der Waals surface area contributed by atoms with Gasteiger partial charge in [0.2, 0.25) is 0 Å². The number of benzene rings is 1. The third-order valence-corrected chi connectivity index (χ3v) is 2.36. The molecular formula is C12H14N4O. The van der Waals surface area contributed by atoms with Crippen LogP contribution in [0.4, 0.5) is 11.5 Å². The predicted molar refractivity (Wildman–Crippen MR) is 66.7 cm³/mol. The molecule has 5 nitrogen and oxygen atoms in total. The summed E-state index contributed by atoms with van der Waals surface area (Å²) in [4.78, 5) is 12.0. The van der Waals surface area contributed by atoms with E-state index in [4.69, 9.17) is 5.73 Å². The molecule has 1 aromatic heterocycles. The van der Waals surface area contributed by atoms with Crippen LogP contribution in [0, 0.1) is 0 Å². The van der Waals surface area contributed by atoms with E-state index in [1.54, 1.807) is 10.7 Å². The minimum Gasteiger partial charge on any atom is -0.382 e. The molecule has 0 saturated heterocycles. The Morgan fingerprint density at radius 1 is 1.41 bits per heavy atom. The van der Waals surface area contributed by atoms with Gasteiger partial charge in [-0.2, -0.15) is 5.10 Å². The highest BCUT2D eigenvalue weighted by Crippen LogP contribution is 2.11. The zero-order chi connectivity index (χ0) is 12.3. The summed E-state index contributed by atoms with van der Waals surface area (Å²) in [6, 6.07) is 10.8. The number of amides is 1. The zero-order valence-electron chi connectivity index (χ0n) is 9.55. The molecule has 0 saturated carbocycles. The molecule has 17 heavy (non-hydrogen) atoms. The minimum atomic E-state index is -0.206. The van der Waals surface area contributed by atoms with Crippen molar-refractivity contribution >= 4 is 17.4 Å². The number of nitrogens with two attached hydrogens (primary N) is 1. The van der Waals surface area contributed by atoms with Crippen LogP contribution < -0.4 is 11.1 Å². The number of hydrogen-bond donors (Lipinski definition) is 2. The molecular weight excluding hydrogens is 216 g/mol. The number of para-hydroxylation sites is 1. The van der Waals surface area contributed by atoms with Crippen molar-refractivity contribution in [3.05, 3.63) is 42.1 Å². The second kappa shape index (κ2) is 4.69. The van der Waals surface area contributed by atoms with Gasteiger partial charge in [0.05, 0.1) is 0 Å². The van der Waals surface area contributed by atoms with Gasteiger partial charge in [0.15, 0.2) is 0 Å². The summed E-state index contributed by atoms with van der Waals surface area (Å²) in [5, 5.41) is 6.82. The average Bonchev–Trinajstić information content (AvgIpc) is 2.72. The van der Waals surface area contributed by atoms with Crippen molar-refractivity contribution in [1.82, 2.24) is 9.78 Å². The Bertz CT molecular complexity index is 519. The lowest BCUT2D eigenvalue weighted by Gasteiger charge is -2.05. The van der Waals surface area contributed by atoms with Gasteiger partial charge in [0, 0.05) is 18.3 Å². The molecule has 0 spiro atoms. The summed E-state index contributed by atoms with van der Waals surface area (Å²) in [7, 11) is 0. The number of aryl methyl sites for hydroxylation is 1. The van der Waals surface area contributed by atoms with Crippen molar-refractivity contribution in [2.24, 2.45) is 0 Å². The number of nitrogens with one attached hydrogen (secondary N) is 1. The lowest BCUT2D eigenvalue weighted by atomic mass is 10.3. The minimum absolute atomic E-state index is 0.206. The molecule has 0 aliphatic rings. The first-order valence-corrected chi connectivity index (χ1v) is 5.40. The summed E-state index contributed by atoms with van der Waals surface area (Å²) in [5.74, 6) is 0.146. The van der Waals surface area contributed by atoms with E-state index in [0.29, 0.717) is 18.1 Å². The van der Waals surface area contributed by atoms with E-state index in [1.165, 1.54) is 0 Å². The van der Waals surface area contributed by atoms with Crippen LogP contribution in [0.2, 0.25) is 0 Å². The molecule has 0 atom stereocenters. The normalized spacial score (nSPS) is 10.2. The molecule has 1 aromatic carbocycles. The number of nitrogen functional groups attached to an aromatic ring is 1. The van der Waals surface area contributed by atoms with Gasteiger partial charge in [-0.15, -0.1) is 0 Å². The highest BCUT2D eigenvalue weighted by atomic mass is 16.2. The van der Waals surface area contributed by atoms with E-state index in [9.17, 15) is 4.79 Å². The molecule has 2 rings (SSSR count). The van der Waals surface area contributed by atoms with Gasteiger partial charge in [0.1, 0.15) is 11.5 Å². The first-order valence-electron chi connectivity index (χ1n) is 5.40. The average molecular weight is 230 g/mol. The first kappa shape index (κ1) is 11.2. The molecule has 1 amide bonds. The number of hydrogen-bond acceptors (Lipinski definition) is 3. The van der Waals surface area contributed by atoms with Gasteiger partial charge in [-0.25, -0.2) is 0 Å². The Labute approximate surface area is 99.2 Å². The van der Waals surface area contributed by atoms with Crippen LogP contribution in [0.15, 0.2) is 36.4 Å². The predicted octanol–water partition coefficient (Wildman–Crippen LogP) is 1.74. The van der Waals surface area contributed by atoms with Crippen LogP contribution in [0.25, 0.3) is 0 Å². The Morgan fingerprint density at radius 2 is 2.12 bits per heavy atom. The van der Waals surface area contributed by atoms with Crippen LogP contribution in [-0.2, 0) is 6.54 Å². The fraction of sp³-hybridized carbons (Fsp3) is 0.167. The highest BCUT2D eigenvalue weighted by Gasteiger charge is 2.13. The van der Waals surface area contributed by atoms with Gasteiger partial charge in [0.25, 0.3) is 5.91 Å². The maximum absolute atomic E-state index is 12.0. The van der Waals surface area contributed by atoms with Crippen molar-refractivity contribution < 1.29 is 4.79 Å². The van der Waals surface area contributed by atoms with Crippen LogP contribution in [-0.4, -0.2) is 15.7 Å². The summed E-state index contributed by atoms with van der Waals surface area (Å²) < 4.78 is 1.58. The fourth-order valence-electron chi connectivity index (χ4n) is 1.58. The highest BCUT2D eigenvalue weighted by molar-refractivity contribution is 6.03. The number of nitrogens with zero attached hydrogens (tertiary/aromatic N) is 2. The summed E-state index contributed by atoms with van der Waals surface area (Å²) >= 11 is 0. The second-order valence-electron chi connectivity index (χ2n) is 3.59. The maximum Gasteiger partial charge on any atom is 0.274 e. The van der Waals surface area contributed by atoms with Crippen LogP contribution in [0.1, 0.15) is 17.4 Å². The van der Waals surface area contributed by atoms with Crippen molar-refractivity contribution in [1.29, 1.82) is 0 Å². The van der Waals surface area contributed by atoms with Gasteiger partial charge in [-0.1, -0.05) is 18.2 Å². The molecule has 5 heteroatoms. The molecule has 0 unspecified atom stereocenters. The quantitative estimate of drug-likeness (QED) is 0.843. The Kier molecular flexibility index (Phi) is 3.09. The molecule has 0 radical (unpaired) electrons. The van der Waals surface area contributed by atoms with E-state index < -0.39 is 0 Å². The first-order chi connectivity index (χ1) is 8.20. The third kappa shape index (κ3) is 2.44. The van der Waals surface area contributed by atoms with Crippen LogP contribution >= 0.6 is 0 Å². The van der Waals surface area contributed by atoms with E-state index >= 15 is 0 Å². The molecule has 0 aliphatic carbocycles. The second-order valence-corrected chi connectivity index (χ2v) is 3.59. The van der Waals surface area contributed by atoms with E-state index in [-0.39, 0.29) is 5.91 Å². The van der Waals surface area contributed by atoms with Crippen molar-refractivity contribution in [3.8, 4) is 0 Å². The van der Waals surface area contributed by atoms with Crippen LogP contribution in [0.5, 0.6) is 0 Å².